The number of para-hydroxylation sites is 1. The lowest BCUT2D eigenvalue weighted by Crippen LogP contribution is -2.23. The van der Waals surface area contributed by atoms with Gasteiger partial charge in [-0.2, -0.15) is 0 Å². The first kappa shape index (κ1) is 18.8. The lowest BCUT2D eigenvalue weighted by atomic mass is 9.91. The van der Waals surface area contributed by atoms with Crippen LogP contribution in [0.5, 0.6) is 5.75 Å². The van der Waals surface area contributed by atoms with E-state index in [1.807, 2.05) is 48.5 Å². The number of amides is 1. The first-order valence-corrected chi connectivity index (χ1v) is 8.50. The number of benzene rings is 2. The van der Waals surface area contributed by atoms with Crippen molar-refractivity contribution in [1.82, 2.24) is 5.32 Å². The van der Waals surface area contributed by atoms with E-state index in [4.69, 9.17) is 4.74 Å². The quantitative estimate of drug-likeness (QED) is 0.827. The van der Waals surface area contributed by atoms with Gasteiger partial charge in [0.25, 0.3) is 5.91 Å². The van der Waals surface area contributed by atoms with Gasteiger partial charge in [-0.25, -0.2) is 0 Å². The molecular formula is C22H27NO2. The maximum Gasteiger partial charge on any atom is 0.251 e. The van der Waals surface area contributed by atoms with Crippen molar-refractivity contribution >= 4 is 11.5 Å². The molecule has 0 bridgehead atoms. The van der Waals surface area contributed by atoms with E-state index in [0.29, 0.717) is 12.1 Å². The number of carbonyl (C=O) groups excluding carboxylic acids is 1. The fraction of sp³-hybridized carbons (Fsp3) is 0.318. The first-order chi connectivity index (χ1) is 11.8. The predicted molar refractivity (Wildman–Crippen MR) is 104 cm³/mol. The van der Waals surface area contributed by atoms with Crippen LogP contribution in [0.2, 0.25) is 0 Å². The van der Waals surface area contributed by atoms with Gasteiger partial charge in [-0.3, -0.25) is 4.79 Å². The van der Waals surface area contributed by atoms with Crippen molar-refractivity contribution in [3.8, 4) is 5.75 Å². The number of nitrogens with one attached hydrogen (secondary N) is 1. The van der Waals surface area contributed by atoms with Crippen molar-refractivity contribution in [2.45, 2.75) is 34.2 Å². The smallest absolute Gasteiger partial charge is 0.251 e. The van der Waals surface area contributed by atoms with Crippen LogP contribution in [0.25, 0.3) is 5.57 Å². The number of allylic oxidation sites excluding steroid dienone is 2. The van der Waals surface area contributed by atoms with Crippen molar-refractivity contribution < 1.29 is 9.53 Å². The Labute approximate surface area is 150 Å². The Hall–Kier alpha value is -2.55. The van der Waals surface area contributed by atoms with Crippen LogP contribution in [0.4, 0.5) is 0 Å². The molecule has 25 heavy (non-hydrogen) atoms. The summed E-state index contributed by atoms with van der Waals surface area (Å²) in [4.78, 5) is 12.4. The lowest BCUT2D eigenvalue weighted by Gasteiger charge is -2.14. The number of hydrogen-bond acceptors (Lipinski definition) is 2. The molecule has 0 heterocycles. The SMILES string of the molecule is COc1ccccc1CNC(=O)c1ccc(/C(C)=C/C(C)(C)C)cc1. The second kappa shape index (κ2) is 8.02. The molecule has 0 aliphatic rings. The second-order valence-electron chi connectivity index (χ2n) is 7.27. The Bertz CT molecular complexity index is 752. The molecule has 3 heteroatoms. The largest absolute Gasteiger partial charge is 0.496 e. The number of rotatable bonds is 5. The summed E-state index contributed by atoms with van der Waals surface area (Å²) in [5.74, 6) is 0.691. The van der Waals surface area contributed by atoms with Crippen LogP contribution >= 0.6 is 0 Å². The molecule has 2 aromatic rings. The van der Waals surface area contributed by atoms with Crippen molar-refractivity contribution in [1.29, 1.82) is 0 Å². The van der Waals surface area contributed by atoms with Gasteiger partial charge in [-0.1, -0.05) is 57.2 Å². The van der Waals surface area contributed by atoms with Gasteiger partial charge in [0.05, 0.1) is 7.11 Å². The van der Waals surface area contributed by atoms with Crippen molar-refractivity contribution in [3.05, 3.63) is 71.3 Å². The highest BCUT2D eigenvalue weighted by molar-refractivity contribution is 5.94. The summed E-state index contributed by atoms with van der Waals surface area (Å²) in [6.07, 6.45) is 2.24. The van der Waals surface area contributed by atoms with Gasteiger partial charge in [-0.05, 0) is 41.7 Å². The second-order valence-corrected chi connectivity index (χ2v) is 7.27. The Morgan fingerprint density at radius 2 is 1.64 bits per heavy atom. The number of hydrogen-bond donors (Lipinski definition) is 1. The zero-order valence-corrected chi connectivity index (χ0v) is 15.7. The van der Waals surface area contributed by atoms with Crippen LogP contribution in [0, 0.1) is 5.41 Å². The van der Waals surface area contributed by atoms with E-state index in [0.717, 1.165) is 16.9 Å². The highest BCUT2D eigenvalue weighted by Crippen LogP contribution is 2.23. The van der Waals surface area contributed by atoms with E-state index < -0.39 is 0 Å². The molecule has 0 fully saturated rings. The van der Waals surface area contributed by atoms with Crippen LogP contribution in [0.1, 0.15) is 49.2 Å². The number of carbonyl (C=O) groups is 1. The predicted octanol–water partition coefficient (Wildman–Crippen LogP) is 5.07. The zero-order valence-electron chi connectivity index (χ0n) is 15.7. The van der Waals surface area contributed by atoms with E-state index in [-0.39, 0.29) is 11.3 Å². The summed E-state index contributed by atoms with van der Waals surface area (Å²) in [5, 5.41) is 2.94. The van der Waals surface area contributed by atoms with Gasteiger partial charge in [0.1, 0.15) is 5.75 Å². The van der Waals surface area contributed by atoms with Crippen LogP contribution in [-0.4, -0.2) is 13.0 Å². The van der Waals surface area contributed by atoms with Gasteiger partial charge in [0.2, 0.25) is 0 Å². The van der Waals surface area contributed by atoms with Crippen molar-refractivity contribution in [2.75, 3.05) is 7.11 Å². The zero-order chi connectivity index (χ0) is 18.4. The minimum absolute atomic E-state index is 0.0880. The standard InChI is InChI=1S/C22H27NO2/c1-16(14-22(2,3)4)17-10-12-18(13-11-17)21(24)23-15-19-8-6-7-9-20(19)25-5/h6-14H,15H2,1-5H3,(H,23,24)/b16-14+. The first-order valence-electron chi connectivity index (χ1n) is 8.50. The van der Waals surface area contributed by atoms with E-state index in [1.54, 1.807) is 7.11 Å². The highest BCUT2D eigenvalue weighted by atomic mass is 16.5. The topological polar surface area (TPSA) is 38.3 Å². The maximum absolute atomic E-state index is 12.4. The summed E-state index contributed by atoms with van der Waals surface area (Å²) in [6, 6.07) is 15.4. The minimum atomic E-state index is -0.0880. The third kappa shape index (κ3) is 5.49. The van der Waals surface area contributed by atoms with E-state index in [1.165, 1.54) is 5.57 Å². The molecule has 1 amide bonds. The normalized spacial score (nSPS) is 12.0. The fourth-order valence-corrected chi connectivity index (χ4v) is 2.74. The molecule has 0 aliphatic heterocycles. The third-order valence-corrected chi connectivity index (χ3v) is 3.88. The Balaban J connectivity index is 2.04. The maximum atomic E-state index is 12.4. The van der Waals surface area contributed by atoms with Gasteiger partial charge in [0.15, 0.2) is 0 Å². The van der Waals surface area contributed by atoms with E-state index in [9.17, 15) is 4.79 Å². The van der Waals surface area contributed by atoms with Crippen molar-refractivity contribution in [2.24, 2.45) is 5.41 Å². The average Bonchev–Trinajstić information content (AvgIpc) is 2.58. The van der Waals surface area contributed by atoms with E-state index >= 15 is 0 Å². The summed E-state index contributed by atoms with van der Waals surface area (Å²) in [6.45, 7) is 9.07. The Morgan fingerprint density at radius 3 is 2.24 bits per heavy atom. The minimum Gasteiger partial charge on any atom is -0.496 e. The molecule has 0 spiro atoms. The molecule has 2 aromatic carbocycles. The van der Waals surface area contributed by atoms with Gasteiger partial charge >= 0.3 is 0 Å². The Kier molecular flexibility index (Phi) is 6.02. The molecule has 0 unspecified atom stereocenters. The monoisotopic (exact) mass is 337 g/mol. The van der Waals surface area contributed by atoms with Crippen LogP contribution in [-0.2, 0) is 6.54 Å². The van der Waals surface area contributed by atoms with Gasteiger partial charge < -0.3 is 10.1 Å². The van der Waals surface area contributed by atoms with E-state index in [2.05, 4.69) is 39.1 Å². The molecule has 2 rings (SSSR count). The number of ether oxygens (including phenoxy) is 1. The molecular weight excluding hydrogens is 310 g/mol. The molecule has 0 radical (unpaired) electrons. The molecule has 0 aromatic heterocycles. The molecule has 0 saturated carbocycles. The van der Waals surface area contributed by atoms with Crippen LogP contribution in [0.15, 0.2) is 54.6 Å². The highest BCUT2D eigenvalue weighted by Gasteiger charge is 2.10. The molecule has 3 nitrogen and oxygen atoms in total. The molecule has 0 aliphatic carbocycles. The van der Waals surface area contributed by atoms with Crippen LogP contribution < -0.4 is 10.1 Å². The summed E-state index contributed by atoms with van der Waals surface area (Å²) >= 11 is 0. The van der Waals surface area contributed by atoms with Crippen LogP contribution in [0.3, 0.4) is 0 Å². The molecule has 0 saturated heterocycles. The third-order valence-electron chi connectivity index (χ3n) is 3.88. The molecule has 132 valence electrons. The summed E-state index contributed by atoms with van der Waals surface area (Å²) in [5.41, 5.74) is 4.10. The number of methoxy groups -OCH3 is 1. The summed E-state index contributed by atoms with van der Waals surface area (Å²) in [7, 11) is 1.63. The Morgan fingerprint density at radius 1 is 1.04 bits per heavy atom. The fourth-order valence-electron chi connectivity index (χ4n) is 2.74. The molecule has 0 atom stereocenters. The lowest BCUT2D eigenvalue weighted by molar-refractivity contribution is 0.0950. The average molecular weight is 337 g/mol. The van der Waals surface area contributed by atoms with Gasteiger partial charge in [0, 0.05) is 17.7 Å². The van der Waals surface area contributed by atoms with Gasteiger partial charge in [-0.15, -0.1) is 0 Å². The van der Waals surface area contributed by atoms with Crippen molar-refractivity contribution in [3.63, 3.8) is 0 Å². The summed E-state index contributed by atoms with van der Waals surface area (Å²) < 4.78 is 5.31. The molecule has 1 N–H and O–H groups in total.